The molecule has 1 saturated heterocycles. The van der Waals surface area contributed by atoms with E-state index in [2.05, 4.69) is 12.6 Å². The fourth-order valence-corrected chi connectivity index (χ4v) is 1.85. The van der Waals surface area contributed by atoms with E-state index >= 15 is 0 Å². The summed E-state index contributed by atoms with van der Waals surface area (Å²) in [5.41, 5.74) is 0.759. The minimum Gasteiger partial charge on any atom is -0.496 e. The third kappa shape index (κ3) is 1.48. The molecule has 0 unspecified atom stereocenters. The lowest BCUT2D eigenvalue weighted by molar-refractivity contribution is -0.0107. The Hall–Kier alpha value is -0.740. The average molecular weight is 214 g/mol. The summed E-state index contributed by atoms with van der Waals surface area (Å²) >= 11 is 4.46. The molecule has 0 aliphatic carbocycles. The van der Waals surface area contributed by atoms with Gasteiger partial charge in [-0.05, 0) is 18.2 Å². The van der Waals surface area contributed by atoms with Crippen molar-refractivity contribution in [2.24, 2.45) is 0 Å². The summed E-state index contributed by atoms with van der Waals surface area (Å²) in [6.07, 6.45) is 0. The van der Waals surface area contributed by atoms with Crippen molar-refractivity contribution in [1.82, 2.24) is 0 Å². The van der Waals surface area contributed by atoms with Gasteiger partial charge in [0.05, 0.1) is 25.1 Å². The van der Waals surface area contributed by atoms with Crippen molar-refractivity contribution in [3.8, 4) is 5.75 Å². The maximum Gasteiger partial charge on any atom is 0.123 e. The van der Waals surface area contributed by atoms with Crippen LogP contribution in [0.5, 0.6) is 5.75 Å². The SMILES string of the molecule is COc1ccc(F)cc1C1(S)COC1. The van der Waals surface area contributed by atoms with E-state index in [4.69, 9.17) is 9.47 Å². The molecular formula is C10H11FO2S. The molecule has 0 saturated carbocycles. The molecule has 1 fully saturated rings. The van der Waals surface area contributed by atoms with Gasteiger partial charge in [-0.25, -0.2) is 4.39 Å². The van der Waals surface area contributed by atoms with Crippen molar-refractivity contribution in [1.29, 1.82) is 0 Å². The molecule has 2 nitrogen and oxygen atoms in total. The van der Waals surface area contributed by atoms with Crippen molar-refractivity contribution in [2.75, 3.05) is 20.3 Å². The maximum absolute atomic E-state index is 13.0. The molecule has 4 heteroatoms. The van der Waals surface area contributed by atoms with Crippen LogP contribution in [-0.4, -0.2) is 20.3 Å². The second kappa shape index (κ2) is 3.44. The minimum absolute atomic E-state index is 0.277. The van der Waals surface area contributed by atoms with Crippen LogP contribution in [-0.2, 0) is 9.48 Å². The van der Waals surface area contributed by atoms with Gasteiger partial charge in [0.2, 0.25) is 0 Å². The van der Waals surface area contributed by atoms with E-state index in [1.54, 1.807) is 13.2 Å². The van der Waals surface area contributed by atoms with E-state index in [-0.39, 0.29) is 5.82 Å². The first-order chi connectivity index (χ1) is 6.65. The highest BCUT2D eigenvalue weighted by Gasteiger charge is 2.39. The molecule has 0 atom stereocenters. The largest absolute Gasteiger partial charge is 0.496 e. The minimum atomic E-state index is -0.395. The van der Waals surface area contributed by atoms with E-state index in [1.807, 2.05) is 0 Å². The predicted molar refractivity (Wildman–Crippen MR) is 54.4 cm³/mol. The van der Waals surface area contributed by atoms with Crippen LogP contribution in [0.2, 0.25) is 0 Å². The van der Waals surface area contributed by atoms with E-state index < -0.39 is 4.75 Å². The highest BCUT2D eigenvalue weighted by molar-refractivity contribution is 7.81. The number of benzene rings is 1. The first-order valence-electron chi connectivity index (χ1n) is 4.30. The maximum atomic E-state index is 13.0. The Morgan fingerprint density at radius 1 is 1.50 bits per heavy atom. The van der Waals surface area contributed by atoms with E-state index in [9.17, 15) is 4.39 Å². The second-order valence-corrected chi connectivity index (χ2v) is 4.23. The van der Waals surface area contributed by atoms with E-state index in [0.717, 1.165) is 5.56 Å². The highest BCUT2D eigenvalue weighted by Crippen LogP contribution is 2.41. The summed E-state index contributed by atoms with van der Waals surface area (Å²) in [7, 11) is 1.56. The Kier molecular flexibility index (Phi) is 2.41. The van der Waals surface area contributed by atoms with Gasteiger partial charge in [0.1, 0.15) is 11.6 Å². The molecule has 1 aromatic carbocycles. The lowest BCUT2D eigenvalue weighted by Gasteiger charge is -2.38. The summed E-state index contributed by atoms with van der Waals surface area (Å²) in [5, 5.41) is 0. The summed E-state index contributed by atoms with van der Waals surface area (Å²) < 4.78 is 22.9. The van der Waals surface area contributed by atoms with Crippen LogP contribution < -0.4 is 4.74 Å². The third-order valence-electron chi connectivity index (χ3n) is 2.34. The van der Waals surface area contributed by atoms with Gasteiger partial charge < -0.3 is 9.47 Å². The quantitative estimate of drug-likeness (QED) is 0.759. The number of halogens is 1. The number of methoxy groups -OCH3 is 1. The molecule has 1 aliphatic heterocycles. The number of thiol groups is 1. The molecule has 1 aromatic rings. The van der Waals surface area contributed by atoms with Gasteiger partial charge in [0, 0.05) is 5.56 Å². The van der Waals surface area contributed by atoms with Crippen LogP contribution in [0.1, 0.15) is 5.56 Å². The second-order valence-electron chi connectivity index (χ2n) is 3.37. The Balaban J connectivity index is 2.43. The first-order valence-corrected chi connectivity index (χ1v) is 4.74. The van der Waals surface area contributed by atoms with Gasteiger partial charge in [0.15, 0.2) is 0 Å². The van der Waals surface area contributed by atoms with Crippen LogP contribution in [0.4, 0.5) is 4.39 Å². The summed E-state index contributed by atoms with van der Waals surface area (Å²) in [6.45, 7) is 0.992. The average Bonchev–Trinajstić information content (AvgIpc) is 2.14. The highest BCUT2D eigenvalue weighted by atomic mass is 32.1. The van der Waals surface area contributed by atoms with Crippen molar-refractivity contribution in [2.45, 2.75) is 4.75 Å². The molecule has 2 rings (SSSR count). The molecule has 0 N–H and O–H groups in total. The Morgan fingerprint density at radius 2 is 2.21 bits per heavy atom. The summed E-state index contributed by atoms with van der Waals surface area (Å²) in [5.74, 6) is 0.380. The summed E-state index contributed by atoms with van der Waals surface area (Å²) in [6, 6.07) is 4.44. The zero-order chi connectivity index (χ0) is 10.2. The monoisotopic (exact) mass is 214 g/mol. The smallest absolute Gasteiger partial charge is 0.123 e. The number of hydrogen-bond acceptors (Lipinski definition) is 3. The number of hydrogen-bond donors (Lipinski definition) is 1. The van der Waals surface area contributed by atoms with Crippen molar-refractivity contribution >= 4 is 12.6 Å². The topological polar surface area (TPSA) is 18.5 Å². The Labute approximate surface area is 87.4 Å². The van der Waals surface area contributed by atoms with E-state index in [0.29, 0.717) is 19.0 Å². The van der Waals surface area contributed by atoms with Crippen LogP contribution in [0.15, 0.2) is 18.2 Å². The van der Waals surface area contributed by atoms with Crippen molar-refractivity contribution in [3.05, 3.63) is 29.6 Å². The van der Waals surface area contributed by atoms with Gasteiger partial charge in [-0.1, -0.05) is 0 Å². The molecule has 0 aromatic heterocycles. The lowest BCUT2D eigenvalue weighted by Crippen LogP contribution is -2.42. The van der Waals surface area contributed by atoms with Crippen molar-refractivity contribution < 1.29 is 13.9 Å². The molecule has 0 spiro atoms. The predicted octanol–water partition coefficient (Wildman–Crippen LogP) is 1.99. The molecule has 0 radical (unpaired) electrons. The molecule has 0 bridgehead atoms. The van der Waals surface area contributed by atoms with Crippen LogP contribution >= 0.6 is 12.6 Å². The molecule has 76 valence electrons. The molecule has 14 heavy (non-hydrogen) atoms. The number of rotatable bonds is 2. The zero-order valence-corrected chi connectivity index (χ0v) is 8.68. The molecule has 0 amide bonds. The number of ether oxygens (including phenoxy) is 2. The first kappa shape index (κ1) is 9.80. The Morgan fingerprint density at radius 3 is 2.71 bits per heavy atom. The Bertz CT molecular complexity index is 350. The van der Waals surface area contributed by atoms with Gasteiger partial charge >= 0.3 is 0 Å². The normalized spacial score (nSPS) is 18.8. The third-order valence-corrected chi connectivity index (χ3v) is 2.84. The van der Waals surface area contributed by atoms with Crippen LogP contribution in [0.3, 0.4) is 0 Å². The van der Waals surface area contributed by atoms with Gasteiger partial charge in [-0.15, -0.1) is 0 Å². The van der Waals surface area contributed by atoms with Crippen molar-refractivity contribution in [3.63, 3.8) is 0 Å². The lowest BCUT2D eigenvalue weighted by atomic mass is 9.95. The summed E-state index contributed by atoms with van der Waals surface area (Å²) in [4.78, 5) is 0. The van der Waals surface area contributed by atoms with Crippen LogP contribution in [0, 0.1) is 5.82 Å². The fraction of sp³-hybridized carbons (Fsp3) is 0.400. The fourth-order valence-electron chi connectivity index (χ4n) is 1.49. The molecular weight excluding hydrogens is 203 g/mol. The molecule has 1 aliphatic rings. The zero-order valence-electron chi connectivity index (χ0n) is 7.79. The van der Waals surface area contributed by atoms with Crippen LogP contribution in [0.25, 0.3) is 0 Å². The van der Waals surface area contributed by atoms with Gasteiger partial charge in [-0.3, -0.25) is 0 Å². The van der Waals surface area contributed by atoms with Gasteiger partial charge in [-0.2, -0.15) is 12.6 Å². The van der Waals surface area contributed by atoms with Gasteiger partial charge in [0.25, 0.3) is 0 Å². The van der Waals surface area contributed by atoms with E-state index in [1.165, 1.54) is 12.1 Å². The standard InChI is InChI=1S/C10H11FO2S/c1-12-9-3-2-7(11)4-8(9)10(14)5-13-6-10/h2-4,14H,5-6H2,1H3. The molecule has 1 heterocycles.